The van der Waals surface area contributed by atoms with Crippen LogP contribution in [0.1, 0.15) is 11.5 Å². The summed E-state index contributed by atoms with van der Waals surface area (Å²) < 4.78 is 36.1. The average Bonchev–Trinajstić information content (AvgIpc) is 3.00. The maximum atomic E-state index is 12.8. The highest BCUT2D eigenvalue weighted by atomic mass is 32.2. The fraction of sp³-hybridized carbons (Fsp3) is 0.333. The molecule has 0 radical (unpaired) electrons. The van der Waals surface area contributed by atoms with Gasteiger partial charge in [0.15, 0.2) is 15.3 Å². The zero-order chi connectivity index (χ0) is 14.4. The van der Waals surface area contributed by atoms with Crippen LogP contribution in [0.3, 0.4) is 0 Å². The fourth-order valence-electron chi connectivity index (χ4n) is 2.48. The van der Waals surface area contributed by atoms with Gasteiger partial charge in [0.2, 0.25) is 0 Å². The van der Waals surface area contributed by atoms with Gasteiger partial charge < -0.3 is 5.11 Å². The molecule has 0 unspecified atom stereocenters. The topological polar surface area (TPSA) is 95.2 Å². The van der Waals surface area contributed by atoms with Crippen LogP contribution in [0.5, 0.6) is 0 Å². The molecule has 2 rings (SSSR count). The Hall–Kier alpha value is -1.94. The van der Waals surface area contributed by atoms with E-state index >= 15 is 0 Å². The summed E-state index contributed by atoms with van der Waals surface area (Å²) in [5.41, 5.74) is -1.65. The first-order chi connectivity index (χ1) is 8.75. The van der Waals surface area contributed by atoms with Gasteiger partial charge in [-0.2, -0.15) is 5.26 Å². The van der Waals surface area contributed by atoms with Gasteiger partial charge in [-0.05, 0) is 17.7 Å². The molecule has 0 aliphatic heterocycles. The van der Waals surface area contributed by atoms with Crippen molar-refractivity contribution in [2.45, 2.75) is 11.2 Å². The SMILES string of the molecule is CS(=O)(=O)[C@@H]1[C@@H](c2ccc(F)cc2)[C@]1(C#N)C(=O)O. The monoisotopic (exact) mass is 283 g/mol. The molecule has 1 aliphatic carbocycles. The number of hydrogen-bond acceptors (Lipinski definition) is 4. The van der Waals surface area contributed by atoms with E-state index in [1.54, 1.807) is 6.07 Å². The molecule has 1 aliphatic rings. The summed E-state index contributed by atoms with van der Waals surface area (Å²) in [5, 5.41) is 16.9. The van der Waals surface area contributed by atoms with E-state index in [9.17, 15) is 17.6 Å². The number of carboxylic acids is 1. The number of halogens is 1. The van der Waals surface area contributed by atoms with E-state index in [1.807, 2.05) is 0 Å². The molecule has 1 fully saturated rings. The van der Waals surface area contributed by atoms with Gasteiger partial charge in [-0.25, -0.2) is 12.8 Å². The Bertz CT molecular complexity index is 677. The van der Waals surface area contributed by atoms with Crippen LogP contribution in [0.2, 0.25) is 0 Å². The Labute approximate surface area is 109 Å². The molecule has 1 saturated carbocycles. The minimum absolute atomic E-state index is 0.334. The minimum atomic E-state index is -3.70. The van der Waals surface area contributed by atoms with E-state index in [4.69, 9.17) is 10.4 Å². The summed E-state index contributed by atoms with van der Waals surface area (Å²) in [5.74, 6) is -2.96. The van der Waals surface area contributed by atoms with E-state index in [2.05, 4.69) is 0 Å². The molecule has 0 aromatic heterocycles. The van der Waals surface area contributed by atoms with Crippen LogP contribution >= 0.6 is 0 Å². The first-order valence-corrected chi connectivity index (χ1v) is 7.29. The third kappa shape index (κ3) is 1.88. The molecular formula is C12H10FNO4S. The number of hydrogen-bond donors (Lipinski definition) is 1. The minimum Gasteiger partial charge on any atom is -0.480 e. The van der Waals surface area contributed by atoms with Gasteiger partial charge in [0, 0.05) is 12.2 Å². The standard InChI is InChI=1S/C12H10FNO4S/c1-19(17,18)10-9(12(10,6-14)11(15)16)7-2-4-8(13)5-3-7/h2-5,9-10H,1H3,(H,15,16)/t9-,10-,12+/m1/s1. The van der Waals surface area contributed by atoms with E-state index in [-0.39, 0.29) is 0 Å². The lowest BCUT2D eigenvalue weighted by molar-refractivity contribution is -0.141. The van der Waals surface area contributed by atoms with Crippen LogP contribution in [-0.2, 0) is 14.6 Å². The molecular weight excluding hydrogens is 273 g/mol. The van der Waals surface area contributed by atoms with Crippen molar-refractivity contribution in [3.63, 3.8) is 0 Å². The first-order valence-electron chi connectivity index (χ1n) is 5.34. The van der Waals surface area contributed by atoms with Crippen LogP contribution in [0.15, 0.2) is 24.3 Å². The largest absolute Gasteiger partial charge is 0.480 e. The molecule has 0 heterocycles. The summed E-state index contributed by atoms with van der Waals surface area (Å²) >= 11 is 0. The molecule has 0 saturated heterocycles. The van der Waals surface area contributed by atoms with Crippen molar-refractivity contribution in [1.29, 1.82) is 5.26 Å². The molecule has 1 aromatic carbocycles. The molecule has 0 bridgehead atoms. The average molecular weight is 283 g/mol. The quantitative estimate of drug-likeness (QED) is 0.890. The lowest BCUT2D eigenvalue weighted by Crippen LogP contribution is -2.21. The second kappa shape index (κ2) is 4.03. The summed E-state index contributed by atoms with van der Waals surface area (Å²) in [7, 11) is -3.70. The van der Waals surface area contributed by atoms with Gasteiger partial charge in [-0.3, -0.25) is 4.79 Å². The van der Waals surface area contributed by atoms with Crippen LogP contribution < -0.4 is 0 Å². The maximum Gasteiger partial charge on any atom is 0.326 e. The number of carboxylic acid groups (broad SMARTS) is 1. The smallest absolute Gasteiger partial charge is 0.326 e. The molecule has 3 atom stereocenters. The highest BCUT2D eigenvalue weighted by molar-refractivity contribution is 7.91. The van der Waals surface area contributed by atoms with Gasteiger partial charge in [0.25, 0.3) is 0 Å². The number of nitrogens with zero attached hydrogens (tertiary/aromatic N) is 1. The van der Waals surface area contributed by atoms with Gasteiger partial charge >= 0.3 is 5.97 Å². The van der Waals surface area contributed by atoms with Crippen molar-refractivity contribution in [2.75, 3.05) is 6.26 Å². The lowest BCUT2D eigenvalue weighted by Gasteiger charge is -2.01. The van der Waals surface area contributed by atoms with E-state index in [1.165, 1.54) is 12.1 Å². The summed E-state index contributed by atoms with van der Waals surface area (Å²) in [6, 6.07) is 6.43. The Morgan fingerprint density at radius 3 is 2.26 bits per heavy atom. The van der Waals surface area contributed by atoms with Gasteiger partial charge in [-0.15, -0.1) is 0 Å². The number of rotatable bonds is 3. The third-order valence-corrected chi connectivity index (χ3v) is 4.93. The van der Waals surface area contributed by atoms with Crippen molar-refractivity contribution < 1.29 is 22.7 Å². The Balaban J connectivity index is 2.54. The van der Waals surface area contributed by atoms with E-state index in [0.29, 0.717) is 5.56 Å². The third-order valence-electron chi connectivity index (χ3n) is 3.36. The fourth-order valence-corrected chi connectivity index (χ4v) is 4.25. The van der Waals surface area contributed by atoms with Crippen molar-refractivity contribution in [2.24, 2.45) is 5.41 Å². The number of benzene rings is 1. The molecule has 19 heavy (non-hydrogen) atoms. The van der Waals surface area contributed by atoms with Crippen LogP contribution in [0, 0.1) is 22.6 Å². The van der Waals surface area contributed by atoms with Crippen LogP contribution in [-0.4, -0.2) is 31.0 Å². The van der Waals surface area contributed by atoms with Crippen LogP contribution in [0.4, 0.5) is 4.39 Å². The highest BCUT2D eigenvalue weighted by Crippen LogP contribution is 2.62. The van der Waals surface area contributed by atoms with Gasteiger partial charge in [0.1, 0.15) is 11.1 Å². The van der Waals surface area contributed by atoms with Gasteiger partial charge in [0.05, 0.1) is 6.07 Å². The molecule has 1 N–H and O–H groups in total. The maximum absolute atomic E-state index is 12.8. The molecule has 0 amide bonds. The lowest BCUT2D eigenvalue weighted by atomic mass is 10.0. The Morgan fingerprint density at radius 1 is 1.42 bits per heavy atom. The molecule has 1 aromatic rings. The Morgan fingerprint density at radius 2 is 1.95 bits per heavy atom. The second-order valence-corrected chi connectivity index (χ2v) is 6.73. The second-order valence-electron chi connectivity index (χ2n) is 4.57. The van der Waals surface area contributed by atoms with Crippen molar-refractivity contribution in [1.82, 2.24) is 0 Å². The van der Waals surface area contributed by atoms with Crippen molar-refractivity contribution in [3.05, 3.63) is 35.6 Å². The van der Waals surface area contributed by atoms with Gasteiger partial charge in [-0.1, -0.05) is 12.1 Å². The van der Waals surface area contributed by atoms with Crippen molar-refractivity contribution in [3.8, 4) is 6.07 Å². The van der Waals surface area contributed by atoms with E-state index < -0.39 is 38.2 Å². The summed E-state index contributed by atoms with van der Waals surface area (Å²) in [6.07, 6.45) is 0.899. The van der Waals surface area contributed by atoms with E-state index in [0.717, 1.165) is 18.4 Å². The highest BCUT2D eigenvalue weighted by Gasteiger charge is 2.76. The molecule has 100 valence electrons. The Kier molecular flexibility index (Phi) is 2.86. The summed E-state index contributed by atoms with van der Waals surface area (Å²) in [6.45, 7) is 0. The number of aliphatic carboxylic acids is 1. The molecule has 7 heteroatoms. The van der Waals surface area contributed by atoms with Crippen LogP contribution in [0.25, 0.3) is 0 Å². The zero-order valence-corrected chi connectivity index (χ0v) is 10.7. The molecule has 0 spiro atoms. The van der Waals surface area contributed by atoms with Crippen molar-refractivity contribution >= 4 is 15.8 Å². The predicted octanol–water partition coefficient (Wildman–Crippen LogP) is 0.931. The number of nitriles is 1. The first kappa shape index (κ1) is 13.5. The summed E-state index contributed by atoms with van der Waals surface area (Å²) in [4.78, 5) is 11.3. The normalized spacial score (nSPS) is 29.5. The molecule has 5 nitrogen and oxygen atoms in total. The number of carbonyl (C=O) groups is 1. The number of sulfone groups is 1. The predicted molar refractivity (Wildman–Crippen MR) is 63.5 cm³/mol. The zero-order valence-electron chi connectivity index (χ0n) is 9.87.